The second kappa shape index (κ2) is 3.00. The molecule has 1 heteroatoms. The Balaban J connectivity index is 2.39. The SMILES string of the molecule is CC=C1CC(CCC)C1=O. The van der Waals surface area contributed by atoms with Crippen molar-refractivity contribution in [2.45, 2.75) is 33.1 Å². The Bertz CT molecular complexity index is 168. The molecule has 0 saturated heterocycles. The van der Waals surface area contributed by atoms with Crippen molar-refractivity contribution >= 4 is 5.78 Å². The third-order valence-electron chi connectivity index (χ3n) is 2.14. The monoisotopic (exact) mass is 138 g/mol. The van der Waals surface area contributed by atoms with Gasteiger partial charge >= 0.3 is 0 Å². The number of hydrogen-bond donors (Lipinski definition) is 0. The fraction of sp³-hybridized carbons (Fsp3) is 0.667. The summed E-state index contributed by atoms with van der Waals surface area (Å²) in [6.07, 6.45) is 5.18. The average molecular weight is 138 g/mol. The molecule has 0 aliphatic heterocycles. The first-order valence-corrected chi connectivity index (χ1v) is 3.99. The van der Waals surface area contributed by atoms with Crippen LogP contribution in [0.2, 0.25) is 0 Å². The Morgan fingerprint density at radius 1 is 1.70 bits per heavy atom. The van der Waals surface area contributed by atoms with E-state index in [4.69, 9.17) is 0 Å². The predicted molar refractivity (Wildman–Crippen MR) is 41.8 cm³/mol. The Kier molecular flexibility index (Phi) is 2.25. The molecule has 1 fully saturated rings. The van der Waals surface area contributed by atoms with Crippen LogP contribution in [-0.2, 0) is 4.79 Å². The number of allylic oxidation sites excluding steroid dienone is 2. The van der Waals surface area contributed by atoms with Gasteiger partial charge in [0.25, 0.3) is 0 Å². The minimum Gasteiger partial charge on any atom is -0.294 e. The van der Waals surface area contributed by atoms with Crippen LogP contribution in [0.3, 0.4) is 0 Å². The van der Waals surface area contributed by atoms with Crippen molar-refractivity contribution in [3.63, 3.8) is 0 Å². The van der Waals surface area contributed by atoms with Gasteiger partial charge in [-0.3, -0.25) is 4.79 Å². The van der Waals surface area contributed by atoms with Crippen molar-refractivity contribution in [2.24, 2.45) is 5.92 Å². The van der Waals surface area contributed by atoms with Gasteiger partial charge in [-0.15, -0.1) is 0 Å². The molecule has 1 nitrogen and oxygen atoms in total. The van der Waals surface area contributed by atoms with Crippen molar-refractivity contribution in [3.8, 4) is 0 Å². The maximum absolute atomic E-state index is 11.1. The molecule has 10 heavy (non-hydrogen) atoms. The van der Waals surface area contributed by atoms with E-state index in [1.54, 1.807) is 0 Å². The second-order valence-electron chi connectivity index (χ2n) is 2.87. The van der Waals surface area contributed by atoms with Crippen LogP contribution in [0.15, 0.2) is 11.6 Å². The number of rotatable bonds is 2. The molecular formula is C9H14O. The summed E-state index contributed by atoms with van der Waals surface area (Å²) in [5, 5.41) is 0. The summed E-state index contributed by atoms with van der Waals surface area (Å²) in [6.45, 7) is 4.07. The smallest absolute Gasteiger partial charge is 0.161 e. The molecule has 0 bridgehead atoms. The first kappa shape index (κ1) is 7.52. The highest BCUT2D eigenvalue weighted by Gasteiger charge is 2.31. The molecule has 1 aliphatic carbocycles. The van der Waals surface area contributed by atoms with Crippen LogP contribution in [0.25, 0.3) is 0 Å². The highest BCUT2D eigenvalue weighted by Crippen LogP contribution is 2.31. The zero-order valence-corrected chi connectivity index (χ0v) is 6.68. The number of carbonyl (C=O) groups is 1. The van der Waals surface area contributed by atoms with Crippen molar-refractivity contribution in [3.05, 3.63) is 11.6 Å². The van der Waals surface area contributed by atoms with E-state index in [1.165, 1.54) is 0 Å². The highest BCUT2D eigenvalue weighted by atomic mass is 16.1. The summed E-state index contributed by atoms with van der Waals surface area (Å²) < 4.78 is 0. The van der Waals surface area contributed by atoms with Gasteiger partial charge in [0.15, 0.2) is 5.78 Å². The summed E-state index contributed by atoms with van der Waals surface area (Å²) in [6, 6.07) is 0. The minimum atomic E-state index is 0.371. The van der Waals surface area contributed by atoms with Crippen LogP contribution in [0.5, 0.6) is 0 Å². The Hall–Kier alpha value is -0.590. The summed E-state index contributed by atoms with van der Waals surface area (Å²) in [5.41, 5.74) is 1.04. The van der Waals surface area contributed by atoms with Gasteiger partial charge < -0.3 is 0 Å². The molecule has 0 radical (unpaired) electrons. The third-order valence-corrected chi connectivity index (χ3v) is 2.14. The van der Waals surface area contributed by atoms with Gasteiger partial charge in [-0.25, -0.2) is 0 Å². The molecule has 1 saturated carbocycles. The Labute approximate surface area is 62.1 Å². The van der Waals surface area contributed by atoms with Crippen molar-refractivity contribution in [1.82, 2.24) is 0 Å². The van der Waals surface area contributed by atoms with E-state index in [0.29, 0.717) is 11.7 Å². The van der Waals surface area contributed by atoms with E-state index in [1.807, 2.05) is 13.0 Å². The molecule has 0 amide bonds. The summed E-state index contributed by atoms with van der Waals surface area (Å²) in [7, 11) is 0. The molecule has 0 spiro atoms. The maximum Gasteiger partial charge on any atom is 0.161 e. The molecule has 0 N–H and O–H groups in total. The van der Waals surface area contributed by atoms with Gasteiger partial charge in [-0.2, -0.15) is 0 Å². The van der Waals surface area contributed by atoms with E-state index >= 15 is 0 Å². The fourth-order valence-electron chi connectivity index (χ4n) is 1.43. The Morgan fingerprint density at radius 2 is 2.40 bits per heavy atom. The molecule has 1 rings (SSSR count). The van der Waals surface area contributed by atoms with E-state index in [0.717, 1.165) is 24.8 Å². The number of ketones is 1. The molecule has 0 aromatic carbocycles. The minimum absolute atomic E-state index is 0.371. The molecule has 1 atom stereocenters. The van der Waals surface area contributed by atoms with Crippen LogP contribution < -0.4 is 0 Å². The average Bonchev–Trinajstić information content (AvgIpc) is 1.96. The molecule has 1 aliphatic rings. The van der Waals surface area contributed by atoms with Crippen LogP contribution in [0.4, 0.5) is 0 Å². The van der Waals surface area contributed by atoms with Gasteiger partial charge in [-0.05, 0) is 25.3 Å². The highest BCUT2D eigenvalue weighted by molar-refractivity contribution is 6.03. The van der Waals surface area contributed by atoms with Crippen molar-refractivity contribution < 1.29 is 4.79 Å². The van der Waals surface area contributed by atoms with E-state index in [-0.39, 0.29) is 0 Å². The normalized spacial score (nSPS) is 28.8. The van der Waals surface area contributed by atoms with Crippen molar-refractivity contribution in [1.29, 1.82) is 0 Å². The summed E-state index contributed by atoms with van der Waals surface area (Å²) in [5.74, 6) is 0.764. The van der Waals surface area contributed by atoms with Gasteiger partial charge in [0.05, 0.1) is 0 Å². The van der Waals surface area contributed by atoms with Crippen LogP contribution in [-0.4, -0.2) is 5.78 Å². The number of carbonyl (C=O) groups excluding carboxylic acids is 1. The summed E-state index contributed by atoms with van der Waals surface area (Å²) >= 11 is 0. The lowest BCUT2D eigenvalue weighted by Crippen LogP contribution is -2.28. The Morgan fingerprint density at radius 3 is 2.80 bits per heavy atom. The zero-order chi connectivity index (χ0) is 7.56. The predicted octanol–water partition coefficient (Wildman–Crippen LogP) is 2.32. The fourth-order valence-corrected chi connectivity index (χ4v) is 1.43. The summed E-state index contributed by atoms with van der Waals surface area (Å²) in [4.78, 5) is 11.1. The van der Waals surface area contributed by atoms with Crippen LogP contribution in [0.1, 0.15) is 33.1 Å². The molecule has 1 unspecified atom stereocenters. The largest absolute Gasteiger partial charge is 0.294 e. The molecule has 0 aromatic rings. The third kappa shape index (κ3) is 1.13. The molecular weight excluding hydrogens is 124 g/mol. The number of hydrogen-bond acceptors (Lipinski definition) is 1. The van der Waals surface area contributed by atoms with Gasteiger partial charge in [-0.1, -0.05) is 19.4 Å². The van der Waals surface area contributed by atoms with Gasteiger partial charge in [0, 0.05) is 5.92 Å². The first-order valence-electron chi connectivity index (χ1n) is 3.99. The van der Waals surface area contributed by atoms with E-state index < -0.39 is 0 Å². The van der Waals surface area contributed by atoms with E-state index in [9.17, 15) is 4.79 Å². The zero-order valence-electron chi connectivity index (χ0n) is 6.68. The molecule has 56 valence electrons. The van der Waals surface area contributed by atoms with Gasteiger partial charge in [0.2, 0.25) is 0 Å². The first-order chi connectivity index (χ1) is 4.79. The lowest BCUT2D eigenvalue weighted by molar-refractivity contribution is -0.123. The van der Waals surface area contributed by atoms with Crippen LogP contribution in [0, 0.1) is 5.92 Å². The van der Waals surface area contributed by atoms with Gasteiger partial charge in [0.1, 0.15) is 0 Å². The standard InChI is InChI=1S/C9H14O/c1-3-5-8-6-7(4-2)9(8)10/h4,8H,3,5-6H2,1-2H3. The van der Waals surface area contributed by atoms with E-state index in [2.05, 4.69) is 6.92 Å². The lowest BCUT2D eigenvalue weighted by Gasteiger charge is -2.26. The molecule has 0 aromatic heterocycles. The van der Waals surface area contributed by atoms with Crippen molar-refractivity contribution in [2.75, 3.05) is 0 Å². The maximum atomic E-state index is 11.1. The topological polar surface area (TPSA) is 17.1 Å². The lowest BCUT2D eigenvalue weighted by atomic mass is 9.76. The second-order valence-corrected chi connectivity index (χ2v) is 2.87. The molecule has 0 heterocycles. The number of Topliss-reactive ketones (excluding diaryl/α,β-unsaturated/α-hetero) is 1. The van der Waals surface area contributed by atoms with Crippen LogP contribution >= 0.6 is 0 Å². The quantitative estimate of drug-likeness (QED) is 0.535.